The van der Waals surface area contributed by atoms with E-state index in [-0.39, 0.29) is 5.91 Å². The molecule has 0 bridgehead atoms. The van der Waals surface area contributed by atoms with Gasteiger partial charge in [0.1, 0.15) is 0 Å². The molecule has 0 saturated carbocycles. The summed E-state index contributed by atoms with van der Waals surface area (Å²) in [6.07, 6.45) is 7.45. The zero-order chi connectivity index (χ0) is 18.1. The molecule has 3 aliphatic heterocycles. The number of likely N-dealkylation sites (tertiary alicyclic amines) is 2. The highest BCUT2D eigenvalue weighted by Gasteiger charge is 2.32. The minimum atomic E-state index is 0.223. The quantitative estimate of drug-likeness (QED) is 0.823. The molecular formula is C22H33N3O. The van der Waals surface area contributed by atoms with Gasteiger partial charge in [0.2, 0.25) is 0 Å². The van der Waals surface area contributed by atoms with Crippen molar-refractivity contribution < 1.29 is 4.79 Å². The molecule has 0 radical (unpaired) electrons. The molecule has 3 aliphatic rings. The smallest absolute Gasteiger partial charge is 0.254 e. The number of rotatable bonds is 4. The number of nitrogens with zero attached hydrogens (tertiary/aromatic N) is 3. The van der Waals surface area contributed by atoms with Gasteiger partial charge in [0, 0.05) is 42.5 Å². The first-order valence-corrected chi connectivity index (χ1v) is 10.5. The third kappa shape index (κ3) is 3.48. The highest BCUT2D eigenvalue weighted by atomic mass is 16.2. The van der Waals surface area contributed by atoms with Gasteiger partial charge in [-0.2, -0.15) is 0 Å². The summed E-state index contributed by atoms with van der Waals surface area (Å²) in [5, 5.41) is 0. The molecule has 0 aromatic heterocycles. The topological polar surface area (TPSA) is 26.8 Å². The molecule has 1 aromatic rings. The summed E-state index contributed by atoms with van der Waals surface area (Å²) in [7, 11) is 0. The van der Waals surface area contributed by atoms with Gasteiger partial charge in [0.15, 0.2) is 0 Å². The maximum Gasteiger partial charge on any atom is 0.254 e. The first-order chi connectivity index (χ1) is 12.6. The molecule has 0 N–H and O–H groups in total. The minimum Gasteiger partial charge on any atom is -0.366 e. The van der Waals surface area contributed by atoms with Crippen molar-refractivity contribution in [2.45, 2.75) is 70.5 Å². The lowest BCUT2D eigenvalue weighted by Gasteiger charge is -2.30. The molecule has 4 heteroatoms. The molecule has 4 rings (SSSR count). The van der Waals surface area contributed by atoms with Crippen molar-refractivity contribution in [2.24, 2.45) is 0 Å². The first-order valence-electron chi connectivity index (χ1n) is 10.5. The Hall–Kier alpha value is -1.55. The average molecular weight is 356 g/mol. The standard InChI is InChI=1S/C22H33N3O/c1-17-7-8-18(2)25(17)20-11-9-19(10-12-20)22(26)24-15-5-6-21(24)16-23-13-3-4-14-23/h9-12,17-18,21H,3-8,13-16H2,1-2H3/t17?,18?,21-/m0/s1. The van der Waals surface area contributed by atoms with E-state index in [1.54, 1.807) is 0 Å². The molecule has 1 aromatic carbocycles. The van der Waals surface area contributed by atoms with E-state index >= 15 is 0 Å². The van der Waals surface area contributed by atoms with Crippen LogP contribution in [0.2, 0.25) is 0 Å². The number of anilines is 1. The minimum absolute atomic E-state index is 0.223. The van der Waals surface area contributed by atoms with Gasteiger partial charge in [0.25, 0.3) is 5.91 Å². The average Bonchev–Trinajstić information content (AvgIpc) is 3.38. The summed E-state index contributed by atoms with van der Waals surface area (Å²) in [5.41, 5.74) is 2.11. The summed E-state index contributed by atoms with van der Waals surface area (Å²) in [6.45, 7) is 9.00. The Balaban J connectivity index is 1.44. The van der Waals surface area contributed by atoms with Crippen LogP contribution in [0.25, 0.3) is 0 Å². The second kappa shape index (κ2) is 7.59. The number of carbonyl (C=O) groups is 1. The van der Waals surface area contributed by atoms with E-state index < -0.39 is 0 Å². The Labute approximate surface area is 158 Å². The van der Waals surface area contributed by atoms with Crippen LogP contribution in [0.15, 0.2) is 24.3 Å². The molecule has 3 saturated heterocycles. The summed E-state index contributed by atoms with van der Waals surface area (Å²) in [6, 6.07) is 9.97. The lowest BCUT2D eigenvalue weighted by molar-refractivity contribution is 0.0709. The van der Waals surface area contributed by atoms with Crippen LogP contribution in [0.3, 0.4) is 0 Å². The number of hydrogen-bond acceptors (Lipinski definition) is 3. The Morgan fingerprint density at radius 3 is 2.23 bits per heavy atom. The molecule has 1 amide bonds. The van der Waals surface area contributed by atoms with Crippen LogP contribution in [0, 0.1) is 0 Å². The number of carbonyl (C=O) groups excluding carboxylic acids is 1. The van der Waals surface area contributed by atoms with Crippen molar-refractivity contribution in [2.75, 3.05) is 31.1 Å². The van der Waals surface area contributed by atoms with Crippen LogP contribution < -0.4 is 4.90 Å². The van der Waals surface area contributed by atoms with Crippen molar-refractivity contribution in [3.05, 3.63) is 29.8 Å². The van der Waals surface area contributed by atoms with Crippen LogP contribution in [0.5, 0.6) is 0 Å². The Morgan fingerprint density at radius 1 is 0.923 bits per heavy atom. The van der Waals surface area contributed by atoms with E-state index in [9.17, 15) is 4.79 Å². The molecule has 3 heterocycles. The summed E-state index contributed by atoms with van der Waals surface area (Å²) in [4.78, 5) is 20.3. The van der Waals surface area contributed by atoms with E-state index in [1.807, 2.05) is 12.1 Å². The van der Waals surface area contributed by atoms with Gasteiger partial charge in [-0.05, 0) is 89.7 Å². The fraction of sp³-hybridized carbons (Fsp3) is 0.682. The molecule has 4 nitrogen and oxygen atoms in total. The normalized spacial score (nSPS) is 29.7. The number of amides is 1. The lowest BCUT2D eigenvalue weighted by Crippen LogP contribution is -2.42. The second-order valence-electron chi connectivity index (χ2n) is 8.53. The third-order valence-corrected chi connectivity index (χ3v) is 6.67. The van der Waals surface area contributed by atoms with E-state index in [1.165, 1.54) is 44.5 Å². The van der Waals surface area contributed by atoms with Crippen molar-refractivity contribution >= 4 is 11.6 Å². The highest BCUT2D eigenvalue weighted by molar-refractivity contribution is 5.95. The zero-order valence-electron chi connectivity index (χ0n) is 16.4. The summed E-state index contributed by atoms with van der Waals surface area (Å²) < 4.78 is 0. The number of hydrogen-bond donors (Lipinski definition) is 0. The van der Waals surface area contributed by atoms with Gasteiger partial charge in [-0.3, -0.25) is 4.79 Å². The van der Waals surface area contributed by atoms with Crippen LogP contribution in [0.4, 0.5) is 5.69 Å². The molecule has 3 atom stereocenters. The van der Waals surface area contributed by atoms with Gasteiger partial charge in [-0.25, -0.2) is 0 Å². The lowest BCUT2D eigenvalue weighted by atomic mass is 10.1. The van der Waals surface area contributed by atoms with Gasteiger partial charge in [-0.15, -0.1) is 0 Å². The Bertz CT molecular complexity index is 613. The molecule has 0 aliphatic carbocycles. The molecule has 142 valence electrons. The SMILES string of the molecule is CC1CCC(C)N1c1ccc(C(=O)N2CCC[C@H]2CN2CCCC2)cc1. The fourth-order valence-electron chi connectivity index (χ4n) is 5.20. The van der Waals surface area contributed by atoms with Crippen molar-refractivity contribution in [3.63, 3.8) is 0 Å². The van der Waals surface area contributed by atoms with Gasteiger partial charge in [0.05, 0.1) is 0 Å². The van der Waals surface area contributed by atoms with Crippen LogP contribution in [-0.2, 0) is 0 Å². The summed E-state index contributed by atoms with van der Waals surface area (Å²) >= 11 is 0. The highest BCUT2D eigenvalue weighted by Crippen LogP contribution is 2.31. The monoisotopic (exact) mass is 355 g/mol. The largest absolute Gasteiger partial charge is 0.366 e. The Kier molecular flexibility index (Phi) is 5.21. The predicted octanol–water partition coefficient (Wildman–Crippen LogP) is 3.76. The van der Waals surface area contributed by atoms with Gasteiger partial charge >= 0.3 is 0 Å². The predicted molar refractivity (Wildman–Crippen MR) is 107 cm³/mol. The van der Waals surface area contributed by atoms with Gasteiger partial charge < -0.3 is 14.7 Å². The van der Waals surface area contributed by atoms with Crippen LogP contribution in [-0.4, -0.2) is 60.0 Å². The molecule has 26 heavy (non-hydrogen) atoms. The van der Waals surface area contributed by atoms with Crippen molar-refractivity contribution in [1.82, 2.24) is 9.80 Å². The maximum absolute atomic E-state index is 13.1. The van der Waals surface area contributed by atoms with Gasteiger partial charge in [-0.1, -0.05) is 0 Å². The molecular weight excluding hydrogens is 322 g/mol. The van der Waals surface area contributed by atoms with Crippen LogP contribution in [0.1, 0.15) is 62.7 Å². The van der Waals surface area contributed by atoms with E-state index in [2.05, 4.69) is 40.7 Å². The fourth-order valence-corrected chi connectivity index (χ4v) is 5.20. The van der Waals surface area contributed by atoms with Crippen LogP contribution >= 0.6 is 0 Å². The molecule has 0 spiro atoms. The third-order valence-electron chi connectivity index (χ3n) is 6.67. The van der Waals surface area contributed by atoms with E-state index in [0.717, 1.165) is 31.5 Å². The molecule has 2 unspecified atom stereocenters. The number of benzene rings is 1. The molecule has 3 fully saturated rings. The zero-order valence-corrected chi connectivity index (χ0v) is 16.4. The van der Waals surface area contributed by atoms with Crippen molar-refractivity contribution in [1.29, 1.82) is 0 Å². The summed E-state index contributed by atoms with van der Waals surface area (Å²) in [5.74, 6) is 0.223. The first kappa shape index (κ1) is 17.8. The Morgan fingerprint density at radius 2 is 1.58 bits per heavy atom. The second-order valence-corrected chi connectivity index (χ2v) is 8.53. The van der Waals surface area contributed by atoms with E-state index in [4.69, 9.17) is 0 Å². The maximum atomic E-state index is 13.1. The van der Waals surface area contributed by atoms with E-state index in [0.29, 0.717) is 18.1 Å². The van der Waals surface area contributed by atoms with Crippen molar-refractivity contribution in [3.8, 4) is 0 Å².